The zero-order chi connectivity index (χ0) is 12.7. The number of hydrogen-bond donors (Lipinski definition) is 3. The Morgan fingerprint density at radius 3 is 2.00 bits per heavy atom. The van der Waals surface area contributed by atoms with E-state index in [9.17, 15) is 5.11 Å². The van der Waals surface area contributed by atoms with E-state index in [1.54, 1.807) is 26.0 Å². The van der Waals surface area contributed by atoms with Gasteiger partial charge in [-0.05, 0) is 24.9 Å². The van der Waals surface area contributed by atoms with Crippen molar-refractivity contribution in [2.75, 3.05) is 13.2 Å². The molecule has 0 saturated carbocycles. The highest BCUT2D eigenvalue weighted by Crippen LogP contribution is 2.41. The molecule has 4 nitrogen and oxygen atoms in total. The molecule has 0 amide bonds. The first-order chi connectivity index (χ1) is 7.87. The predicted octanol–water partition coefficient (Wildman–Crippen LogP) is -0.595. The first kappa shape index (κ1) is 12.6. The summed E-state index contributed by atoms with van der Waals surface area (Å²) in [6.07, 6.45) is 0. The molecule has 0 bridgehead atoms. The van der Waals surface area contributed by atoms with Crippen LogP contribution in [-0.4, -0.2) is 41.1 Å². The predicted molar refractivity (Wildman–Crippen MR) is 65.1 cm³/mol. The molecule has 0 spiro atoms. The summed E-state index contributed by atoms with van der Waals surface area (Å²) in [7, 11) is -1.46. The van der Waals surface area contributed by atoms with E-state index in [2.05, 4.69) is 0 Å². The van der Waals surface area contributed by atoms with Gasteiger partial charge in [0.1, 0.15) is 0 Å². The van der Waals surface area contributed by atoms with Crippen LogP contribution in [0.1, 0.15) is 19.4 Å². The summed E-state index contributed by atoms with van der Waals surface area (Å²) in [5.74, 6) is 0. The molecule has 0 atom stereocenters. The highest BCUT2D eigenvalue weighted by Gasteiger charge is 2.51. The van der Waals surface area contributed by atoms with Gasteiger partial charge >= 0.3 is 7.12 Å². The summed E-state index contributed by atoms with van der Waals surface area (Å²) in [6, 6.07) is 6.95. The Labute approximate surface area is 101 Å². The highest BCUT2D eigenvalue weighted by atomic mass is 16.5. The fourth-order valence-corrected chi connectivity index (χ4v) is 2.15. The Kier molecular flexibility index (Phi) is 3.03. The van der Waals surface area contributed by atoms with Crippen molar-refractivity contribution >= 4 is 12.6 Å². The van der Waals surface area contributed by atoms with Gasteiger partial charge in [-0.15, -0.1) is 0 Å². The third-order valence-electron chi connectivity index (χ3n) is 3.63. The first-order valence-electron chi connectivity index (χ1n) is 5.63. The second-order valence-corrected chi connectivity index (χ2v) is 5.13. The number of benzene rings is 1. The standard InChI is InChI=1S/C12H17BO4/c1-11(2,14)12(7-17-8-12)9-3-5-10(6-4-9)13(15)16/h3-6,14-16H,7-8H2,1-2H3. The van der Waals surface area contributed by atoms with Crippen LogP contribution in [0, 0.1) is 0 Å². The summed E-state index contributed by atoms with van der Waals surface area (Å²) >= 11 is 0. The van der Waals surface area contributed by atoms with E-state index < -0.39 is 18.1 Å². The van der Waals surface area contributed by atoms with E-state index in [1.807, 2.05) is 12.1 Å². The molecule has 1 aromatic carbocycles. The molecular weight excluding hydrogens is 219 g/mol. The lowest BCUT2D eigenvalue weighted by Crippen LogP contribution is -2.60. The summed E-state index contributed by atoms with van der Waals surface area (Å²) in [5.41, 5.74) is 0.136. The van der Waals surface area contributed by atoms with Gasteiger partial charge in [-0.1, -0.05) is 24.3 Å². The van der Waals surface area contributed by atoms with Gasteiger partial charge in [0.25, 0.3) is 0 Å². The average molecular weight is 236 g/mol. The molecule has 1 aliphatic heterocycles. The first-order valence-corrected chi connectivity index (χ1v) is 5.63. The minimum absolute atomic E-state index is 0.397. The molecule has 1 heterocycles. The zero-order valence-corrected chi connectivity index (χ0v) is 10.1. The van der Waals surface area contributed by atoms with Crippen molar-refractivity contribution < 1.29 is 19.9 Å². The molecule has 92 valence electrons. The Morgan fingerprint density at radius 2 is 1.71 bits per heavy atom. The third-order valence-corrected chi connectivity index (χ3v) is 3.63. The van der Waals surface area contributed by atoms with E-state index in [1.165, 1.54) is 0 Å². The van der Waals surface area contributed by atoms with Gasteiger partial charge in [-0.25, -0.2) is 0 Å². The van der Waals surface area contributed by atoms with Crippen molar-refractivity contribution in [1.29, 1.82) is 0 Å². The minimum atomic E-state index is -1.46. The Hall–Kier alpha value is -0.875. The van der Waals surface area contributed by atoms with Gasteiger partial charge in [0.2, 0.25) is 0 Å². The molecule has 5 heteroatoms. The van der Waals surface area contributed by atoms with E-state index in [-0.39, 0.29) is 0 Å². The molecule has 1 saturated heterocycles. The quantitative estimate of drug-likeness (QED) is 0.613. The van der Waals surface area contributed by atoms with Crippen LogP contribution in [0.2, 0.25) is 0 Å². The molecule has 1 fully saturated rings. The van der Waals surface area contributed by atoms with Gasteiger partial charge in [-0.3, -0.25) is 0 Å². The fraction of sp³-hybridized carbons (Fsp3) is 0.500. The van der Waals surface area contributed by atoms with Crippen LogP contribution in [0.3, 0.4) is 0 Å². The fourth-order valence-electron chi connectivity index (χ4n) is 2.15. The second-order valence-electron chi connectivity index (χ2n) is 5.13. The van der Waals surface area contributed by atoms with Crippen molar-refractivity contribution in [1.82, 2.24) is 0 Å². The van der Waals surface area contributed by atoms with Crippen LogP contribution in [0.15, 0.2) is 24.3 Å². The lowest BCUT2D eigenvalue weighted by atomic mass is 9.66. The molecule has 0 aliphatic carbocycles. The molecule has 1 aromatic rings. The van der Waals surface area contributed by atoms with Crippen molar-refractivity contribution in [3.63, 3.8) is 0 Å². The maximum atomic E-state index is 10.2. The molecule has 17 heavy (non-hydrogen) atoms. The maximum absolute atomic E-state index is 10.2. The lowest BCUT2D eigenvalue weighted by Gasteiger charge is -2.50. The summed E-state index contributed by atoms with van der Waals surface area (Å²) < 4.78 is 5.24. The summed E-state index contributed by atoms with van der Waals surface area (Å²) in [6.45, 7) is 4.50. The van der Waals surface area contributed by atoms with Gasteiger partial charge in [0.05, 0.1) is 24.2 Å². The average Bonchev–Trinajstić information content (AvgIpc) is 2.14. The molecule has 3 N–H and O–H groups in total. The van der Waals surface area contributed by atoms with Crippen molar-refractivity contribution in [3.05, 3.63) is 29.8 Å². The van der Waals surface area contributed by atoms with Gasteiger partial charge in [-0.2, -0.15) is 0 Å². The minimum Gasteiger partial charge on any atom is -0.423 e. The van der Waals surface area contributed by atoms with Crippen molar-refractivity contribution in [2.24, 2.45) is 0 Å². The van der Waals surface area contributed by atoms with Crippen LogP contribution in [0.4, 0.5) is 0 Å². The van der Waals surface area contributed by atoms with Gasteiger partial charge in [0.15, 0.2) is 0 Å². The van der Waals surface area contributed by atoms with Crippen LogP contribution in [0.25, 0.3) is 0 Å². The molecule has 0 radical (unpaired) electrons. The summed E-state index contributed by atoms with van der Waals surface area (Å²) in [4.78, 5) is 0. The Bertz CT molecular complexity index is 390. The topological polar surface area (TPSA) is 69.9 Å². The van der Waals surface area contributed by atoms with Crippen molar-refractivity contribution in [3.8, 4) is 0 Å². The lowest BCUT2D eigenvalue weighted by molar-refractivity contribution is -0.157. The normalized spacial score (nSPS) is 18.6. The zero-order valence-electron chi connectivity index (χ0n) is 10.1. The van der Waals surface area contributed by atoms with E-state index >= 15 is 0 Å². The molecular formula is C12H17BO4. The van der Waals surface area contributed by atoms with Crippen LogP contribution in [0.5, 0.6) is 0 Å². The van der Waals surface area contributed by atoms with Crippen LogP contribution < -0.4 is 5.46 Å². The van der Waals surface area contributed by atoms with E-state index in [0.717, 1.165) is 5.56 Å². The van der Waals surface area contributed by atoms with Crippen LogP contribution >= 0.6 is 0 Å². The number of ether oxygens (including phenoxy) is 1. The number of hydrogen-bond acceptors (Lipinski definition) is 4. The Balaban J connectivity index is 2.33. The molecule has 1 aliphatic rings. The smallest absolute Gasteiger partial charge is 0.423 e. The number of aliphatic hydroxyl groups is 1. The number of rotatable bonds is 3. The van der Waals surface area contributed by atoms with E-state index in [0.29, 0.717) is 18.7 Å². The SMILES string of the molecule is CC(C)(O)C1(c2ccc(B(O)O)cc2)COC1. The maximum Gasteiger partial charge on any atom is 0.488 e. The van der Waals surface area contributed by atoms with Gasteiger partial charge in [0, 0.05) is 0 Å². The summed E-state index contributed by atoms with van der Waals surface area (Å²) in [5, 5.41) is 28.3. The largest absolute Gasteiger partial charge is 0.488 e. The van der Waals surface area contributed by atoms with Crippen molar-refractivity contribution in [2.45, 2.75) is 24.9 Å². The highest BCUT2D eigenvalue weighted by molar-refractivity contribution is 6.58. The second kappa shape index (κ2) is 4.10. The van der Waals surface area contributed by atoms with Gasteiger partial charge < -0.3 is 19.9 Å². The molecule has 0 unspecified atom stereocenters. The third kappa shape index (κ3) is 2.00. The molecule has 0 aromatic heterocycles. The van der Waals surface area contributed by atoms with E-state index in [4.69, 9.17) is 14.8 Å². The Morgan fingerprint density at radius 1 is 1.18 bits per heavy atom. The monoisotopic (exact) mass is 236 g/mol. The van der Waals surface area contributed by atoms with Crippen LogP contribution in [-0.2, 0) is 10.2 Å². The molecule has 2 rings (SSSR count).